The number of fused-ring (bicyclic) bond motifs is 1. The normalized spacial score (nSPS) is 19.5. The first-order valence-corrected chi connectivity index (χ1v) is 9.49. The van der Waals surface area contributed by atoms with Gasteiger partial charge in [-0.3, -0.25) is 9.59 Å². The number of halogens is 2. The van der Waals surface area contributed by atoms with Gasteiger partial charge in [-0.25, -0.2) is 0 Å². The van der Waals surface area contributed by atoms with Crippen molar-refractivity contribution in [3.05, 3.63) is 78.0 Å². The minimum atomic E-state index is -0.427. The predicted molar refractivity (Wildman–Crippen MR) is 112 cm³/mol. The Labute approximate surface area is 211 Å². The number of allylic oxidation sites excluding steroid dienone is 2. The summed E-state index contributed by atoms with van der Waals surface area (Å²) < 4.78 is 0. The maximum absolute atomic E-state index is 12.2. The fourth-order valence-corrected chi connectivity index (χ4v) is 3.60. The van der Waals surface area contributed by atoms with Crippen LogP contribution >= 0.6 is 0 Å². The predicted octanol–water partition coefficient (Wildman–Crippen LogP) is -2.33. The summed E-state index contributed by atoms with van der Waals surface area (Å²) in [5, 5.41) is 5.54. The van der Waals surface area contributed by atoms with Crippen LogP contribution in [0.1, 0.15) is 29.9 Å². The van der Waals surface area contributed by atoms with Gasteiger partial charge in [0.05, 0.1) is 0 Å². The summed E-state index contributed by atoms with van der Waals surface area (Å²) in [6.07, 6.45) is 9.53. The lowest BCUT2D eigenvalue weighted by Gasteiger charge is -2.26. The fourth-order valence-electron chi connectivity index (χ4n) is 3.60. The molecule has 1 unspecified atom stereocenters. The first-order chi connectivity index (χ1) is 13.6. The van der Waals surface area contributed by atoms with Gasteiger partial charge in [0.1, 0.15) is 6.04 Å². The minimum absolute atomic E-state index is 0. The van der Waals surface area contributed by atoms with Crippen LogP contribution in [0.2, 0.25) is 0 Å². The zero-order chi connectivity index (χ0) is 19.5. The lowest BCUT2D eigenvalue weighted by atomic mass is 9.93. The highest BCUT2D eigenvalue weighted by molar-refractivity contribution is 5.99. The van der Waals surface area contributed by atoms with Crippen LogP contribution in [-0.4, -0.2) is 24.9 Å². The number of nitrogens with one attached hydrogen (secondary N) is 2. The maximum Gasteiger partial charge on any atom is 0.246 e. The SMILES string of the molecule is CN1C=CC(/C=C/c2ccc(NC(=O)[C@H]3CCC(=O)N3)cc2)c2ccccc21.[I-].[I-]. The van der Waals surface area contributed by atoms with E-state index in [9.17, 15) is 9.59 Å². The van der Waals surface area contributed by atoms with E-state index in [1.54, 1.807) is 0 Å². The molecular weight excluding hydrogens is 604 g/mol. The van der Waals surface area contributed by atoms with Gasteiger partial charge in [-0.15, -0.1) is 0 Å². The van der Waals surface area contributed by atoms with Crippen LogP contribution in [0.3, 0.4) is 0 Å². The van der Waals surface area contributed by atoms with Crippen molar-refractivity contribution in [1.29, 1.82) is 0 Å². The van der Waals surface area contributed by atoms with Crippen LogP contribution in [-0.2, 0) is 9.59 Å². The number of nitrogens with zero attached hydrogens (tertiary/aromatic N) is 1. The van der Waals surface area contributed by atoms with Crippen LogP contribution in [0.25, 0.3) is 6.08 Å². The summed E-state index contributed by atoms with van der Waals surface area (Å²) in [6.45, 7) is 0. The first kappa shape index (κ1) is 24.4. The number of benzene rings is 2. The molecule has 2 heterocycles. The number of carbonyl (C=O) groups excluding carboxylic acids is 2. The molecule has 2 aliphatic rings. The Balaban J connectivity index is 0.00000160. The number of para-hydroxylation sites is 1. The Bertz CT molecular complexity index is 957. The molecule has 4 rings (SSSR count). The van der Waals surface area contributed by atoms with E-state index in [1.165, 1.54) is 11.3 Å². The number of hydrogen-bond acceptors (Lipinski definition) is 3. The average Bonchev–Trinajstić information content (AvgIpc) is 3.15. The highest BCUT2D eigenvalue weighted by Crippen LogP contribution is 2.33. The highest BCUT2D eigenvalue weighted by Gasteiger charge is 2.27. The van der Waals surface area contributed by atoms with Gasteiger partial charge in [-0.05, 0) is 35.7 Å². The minimum Gasteiger partial charge on any atom is -1.00 e. The number of hydrogen-bond donors (Lipinski definition) is 2. The summed E-state index contributed by atoms with van der Waals surface area (Å²) in [5.41, 5.74) is 4.30. The van der Waals surface area contributed by atoms with Crippen LogP contribution < -0.4 is 63.5 Å². The third kappa shape index (κ3) is 5.63. The number of rotatable bonds is 4. The van der Waals surface area contributed by atoms with Crippen LogP contribution in [0.4, 0.5) is 11.4 Å². The lowest BCUT2D eigenvalue weighted by Crippen LogP contribution is -3.00. The molecule has 0 radical (unpaired) electrons. The van der Waals surface area contributed by atoms with Crippen molar-refractivity contribution in [2.45, 2.75) is 24.8 Å². The molecule has 1 fully saturated rings. The maximum atomic E-state index is 12.2. The van der Waals surface area contributed by atoms with E-state index in [4.69, 9.17) is 0 Å². The van der Waals surface area contributed by atoms with Gasteiger partial charge in [0, 0.05) is 37.0 Å². The van der Waals surface area contributed by atoms with E-state index in [-0.39, 0.29) is 65.7 Å². The number of anilines is 2. The highest BCUT2D eigenvalue weighted by atomic mass is 127. The molecule has 2 amide bonds. The van der Waals surface area contributed by atoms with Crippen molar-refractivity contribution in [2.24, 2.45) is 0 Å². The second-order valence-corrected chi connectivity index (χ2v) is 7.17. The number of amides is 2. The van der Waals surface area contributed by atoms with E-state index in [2.05, 4.69) is 71.3 Å². The third-order valence-corrected chi connectivity index (χ3v) is 5.18. The number of carbonyl (C=O) groups is 2. The van der Waals surface area contributed by atoms with E-state index in [0.717, 1.165) is 11.3 Å². The van der Waals surface area contributed by atoms with Gasteiger partial charge in [-0.1, -0.05) is 48.6 Å². The summed E-state index contributed by atoms with van der Waals surface area (Å²) in [5.74, 6) is 0.00475. The van der Waals surface area contributed by atoms with Crippen LogP contribution in [0, 0.1) is 0 Å². The Morgan fingerprint density at radius 2 is 1.87 bits per heavy atom. The van der Waals surface area contributed by atoms with Crippen molar-refractivity contribution in [3.8, 4) is 0 Å². The molecule has 2 aromatic rings. The van der Waals surface area contributed by atoms with Crippen molar-refractivity contribution in [3.63, 3.8) is 0 Å². The standard InChI is InChI=1S/C23H23N3O2.2HI/c1-26-15-14-17(19-4-2-3-5-21(19)26)9-6-16-7-10-18(11-8-16)24-23(28)20-12-13-22(27)25-20;;/h2-11,14-15,17,20H,12-13H2,1H3,(H,24,28)(H,25,27);2*1H/p-2/b9-6+;;/t17?,20-;;/m1../s1. The van der Waals surface area contributed by atoms with Crippen LogP contribution in [0.5, 0.6) is 0 Å². The summed E-state index contributed by atoms with van der Waals surface area (Å²) in [7, 11) is 2.05. The van der Waals surface area contributed by atoms with E-state index < -0.39 is 6.04 Å². The van der Waals surface area contributed by atoms with E-state index in [1.807, 2.05) is 24.3 Å². The molecule has 0 spiro atoms. The second kappa shape index (κ2) is 10.9. The van der Waals surface area contributed by atoms with Gasteiger partial charge < -0.3 is 63.5 Å². The molecule has 7 heteroatoms. The molecule has 0 aliphatic carbocycles. The van der Waals surface area contributed by atoms with E-state index in [0.29, 0.717) is 12.8 Å². The topological polar surface area (TPSA) is 61.4 Å². The fraction of sp³-hybridized carbons (Fsp3) is 0.217. The Morgan fingerprint density at radius 1 is 1.13 bits per heavy atom. The zero-order valence-electron chi connectivity index (χ0n) is 16.5. The molecule has 2 atom stereocenters. The molecule has 0 bridgehead atoms. The smallest absolute Gasteiger partial charge is 0.246 e. The summed E-state index contributed by atoms with van der Waals surface area (Å²) >= 11 is 0. The monoisotopic (exact) mass is 627 g/mol. The van der Waals surface area contributed by atoms with Gasteiger partial charge >= 0.3 is 0 Å². The second-order valence-electron chi connectivity index (χ2n) is 7.17. The summed E-state index contributed by atoms with van der Waals surface area (Å²) in [6, 6.07) is 15.7. The largest absolute Gasteiger partial charge is 1.00 e. The third-order valence-electron chi connectivity index (χ3n) is 5.18. The van der Waals surface area contributed by atoms with Gasteiger partial charge in [0.2, 0.25) is 11.8 Å². The Hall–Kier alpha value is -1.88. The van der Waals surface area contributed by atoms with Gasteiger partial charge in [0.15, 0.2) is 0 Å². The van der Waals surface area contributed by atoms with Crippen molar-refractivity contribution >= 4 is 29.3 Å². The lowest BCUT2D eigenvalue weighted by molar-refractivity contribution is -0.122. The van der Waals surface area contributed by atoms with Crippen LogP contribution in [0.15, 0.2) is 66.9 Å². The molecule has 0 aromatic heterocycles. The molecule has 158 valence electrons. The molecule has 2 aliphatic heterocycles. The summed E-state index contributed by atoms with van der Waals surface area (Å²) in [4.78, 5) is 25.5. The van der Waals surface area contributed by atoms with Crippen molar-refractivity contribution in [1.82, 2.24) is 5.32 Å². The Kier molecular flexibility index (Phi) is 8.90. The van der Waals surface area contributed by atoms with Crippen molar-refractivity contribution in [2.75, 3.05) is 17.3 Å². The molecule has 2 N–H and O–H groups in total. The van der Waals surface area contributed by atoms with Gasteiger partial charge in [-0.2, -0.15) is 0 Å². The average molecular weight is 627 g/mol. The molecule has 30 heavy (non-hydrogen) atoms. The van der Waals surface area contributed by atoms with E-state index >= 15 is 0 Å². The Morgan fingerprint density at radius 3 is 2.57 bits per heavy atom. The molecule has 1 saturated heterocycles. The van der Waals surface area contributed by atoms with Crippen molar-refractivity contribution < 1.29 is 57.5 Å². The zero-order valence-corrected chi connectivity index (χ0v) is 20.8. The quantitative estimate of drug-likeness (QED) is 0.375. The molecule has 0 saturated carbocycles. The molecule has 5 nitrogen and oxygen atoms in total. The molecular formula is C23H23I2N3O2-2. The molecule has 2 aromatic carbocycles. The van der Waals surface area contributed by atoms with Gasteiger partial charge in [0.25, 0.3) is 0 Å². The first-order valence-electron chi connectivity index (χ1n) is 9.49.